The average Bonchev–Trinajstić information content (AvgIpc) is 2.53. The van der Waals surface area contributed by atoms with Gasteiger partial charge in [-0.15, -0.1) is 11.8 Å². The highest BCUT2D eigenvalue weighted by Crippen LogP contribution is 2.39. The molecule has 0 spiro atoms. The number of hydrogen-bond donors (Lipinski definition) is 1. The number of carboxylic acid groups (broad SMARTS) is 1. The number of halogens is 4. The van der Waals surface area contributed by atoms with E-state index in [-0.39, 0.29) is 11.3 Å². The zero-order chi connectivity index (χ0) is 19.5. The molecule has 0 saturated carbocycles. The Balaban J connectivity index is 2.38. The Labute approximate surface area is 158 Å². The highest BCUT2D eigenvalue weighted by molar-refractivity contribution is 8.04. The van der Waals surface area contributed by atoms with E-state index in [1.807, 2.05) is 30.7 Å². The van der Waals surface area contributed by atoms with Gasteiger partial charge in [0.25, 0.3) is 0 Å². The summed E-state index contributed by atoms with van der Waals surface area (Å²) in [5.41, 5.74) is 0.919. The third kappa shape index (κ3) is 4.86. The number of carboxylic acids is 1. The van der Waals surface area contributed by atoms with E-state index < -0.39 is 23.8 Å². The van der Waals surface area contributed by atoms with Crippen LogP contribution in [-0.4, -0.2) is 23.4 Å². The van der Waals surface area contributed by atoms with Crippen LogP contribution in [0.3, 0.4) is 0 Å². The molecule has 8 heteroatoms. The van der Waals surface area contributed by atoms with Crippen molar-refractivity contribution < 1.29 is 27.8 Å². The number of allylic oxidation sites excluding steroid dienone is 2. The first-order chi connectivity index (χ1) is 12.1. The van der Waals surface area contributed by atoms with Crippen LogP contribution in [0.4, 0.5) is 13.2 Å². The second-order valence-electron chi connectivity index (χ2n) is 5.67. The lowest BCUT2D eigenvalue weighted by atomic mass is 9.98. The number of aliphatic carboxylic acids is 1. The number of alkyl halides is 3. The molecule has 140 valence electrons. The van der Waals surface area contributed by atoms with Crippen molar-refractivity contribution in [3.05, 3.63) is 56.3 Å². The Morgan fingerprint density at radius 1 is 1.42 bits per heavy atom. The normalized spacial score (nSPS) is 17.7. The van der Waals surface area contributed by atoms with Gasteiger partial charge in [-0.1, -0.05) is 23.3 Å². The number of fused-ring (bicyclic) bond motifs is 1. The predicted octanol–water partition coefficient (Wildman–Crippen LogP) is 5.84. The summed E-state index contributed by atoms with van der Waals surface area (Å²) in [5, 5.41) is 13.2. The van der Waals surface area contributed by atoms with Crippen molar-refractivity contribution in [2.75, 3.05) is 0 Å². The molecule has 1 aromatic carbocycles. The molecule has 0 fully saturated rings. The van der Waals surface area contributed by atoms with Gasteiger partial charge >= 0.3 is 12.1 Å². The minimum absolute atomic E-state index is 0.0365. The topological polar surface area (TPSA) is 46.5 Å². The van der Waals surface area contributed by atoms with Crippen LogP contribution < -0.4 is 4.74 Å². The first kappa shape index (κ1) is 20.5. The van der Waals surface area contributed by atoms with Gasteiger partial charge < -0.3 is 9.84 Å². The van der Waals surface area contributed by atoms with Crippen LogP contribution in [0.25, 0.3) is 6.08 Å². The lowest BCUT2D eigenvalue weighted by Gasteiger charge is -2.27. The van der Waals surface area contributed by atoms with Gasteiger partial charge in [0.2, 0.25) is 6.10 Å². The van der Waals surface area contributed by atoms with E-state index in [9.17, 15) is 18.0 Å². The number of thioether (sulfide) groups is 1. The number of benzene rings is 1. The summed E-state index contributed by atoms with van der Waals surface area (Å²) in [5.74, 6) is -1.72. The number of ether oxygens (including phenoxy) is 1. The van der Waals surface area contributed by atoms with Crippen LogP contribution in [-0.2, 0) is 11.2 Å². The fourth-order valence-corrected chi connectivity index (χ4v) is 3.18. The molecule has 1 aliphatic rings. The molecule has 0 amide bonds. The highest BCUT2D eigenvalue weighted by Gasteiger charge is 2.48. The van der Waals surface area contributed by atoms with Gasteiger partial charge in [0.05, 0.1) is 5.57 Å². The van der Waals surface area contributed by atoms with Gasteiger partial charge in [-0.3, -0.25) is 0 Å². The summed E-state index contributed by atoms with van der Waals surface area (Å²) in [6, 6.07) is 2.86. The minimum atomic E-state index is -4.83. The van der Waals surface area contributed by atoms with Crippen molar-refractivity contribution >= 4 is 35.4 Å². The first-order valence-electron chi connectivity index (χ1n) is 7.56. The summed E-state index contributed by atoms with van der Waals surface area (Å²) in [6.07, 6.45) is -4.06. The number of carbonyl (C=O) groups is 1. The maximum atomic E-state index is 13.1. The van der Waals surface area contributed by atoms with Crippen molar-refractivity contribution in [3.63, 3.8) is 0 Å². The smallest absolute Gasteiger partial charge is 0.430 e. The van der Waals surface area contributed by atoms with E-state index in [2.05, 4.69) is 0 Å². The number of rotatable bonds is 5. The molecular weight excluding hydrogens is 389 g/mol. The lowest BCUT2D eigenvalue weighted by molar-refractivity contribution is -0.187. The van der Waals surface area contributed by atoms with Crippen molar-refractivity contribution in [2.45, 2.75) is 32.5 Å². The molecule has 0 aromatic heterocycles. The van der Waals surface area contributed by atoms with Crippen LogP contribution in [0.5, 0.6) is 5.75 Å². The third-order valence-corrected chi connectivity index (χ3v) is 4.83. The van der Waals surface area contributed by atoms with Gasteiger partial charge in [-0.05, 0) is 54.9 Å². The molecule has 1 atom stereocenters. The van der Waals surface area contributed by atoms with Crippen molar-refractivity contribution in [1.29, 1.82) is 0 Å². The van der Waals surface area contributed by atoms with Gasteiger partial charge in [0.1, 0.15) is 5.75 Å². The molecule has 1 unspecified atom stereocenters. The van der Waals surface area contributed by atoms with E-state index in [1.165, 1.54) is 23.9 Å². The molecule has 2 rings (SSSR count). The first-order valence-corrected chi connectivity index (χ1v) is 8.88. The van der Waals surface area contributed by atoms with E-state index in [4.69, 9.17) is 21.4 Å². The van der Waals surface area contributed by atoms with Crippen molar-refractivity contribution in [3.8, 4) is 5.75 Å². The summed E-state index contributed by atoms with van der Waals surface area (Å²) < 4.78 is 44.4. The SMILES string of the molecule is C/C=C\S/C=C(\C)Cc1cc2c(cc1Cl)C=C(C(=O)O)C(C(F)(F)F)O2. The Kier molecular flexibility index (Phi) is 6.47. The second-order valence-corrected chi connectivity index (χ2v) is 6.86. The van der Waals surface area contributed by atoms with Gasteiger partial charge in [0, 0.05) is 10.6 Å². The highest BCUT2D eigenvalue weighted by atomic mass is 35.5. The maximum Gasteiger partial charge on any atom is 0.430 e. The quantitative estimate of drug-likeness (QED) is 0.669. The number of hydrogen-bond acceptors (Lipinski definition) is 3. The van der Waals surface area contributed by atoms with Crippen LogP contribution in [0.15, 0.2) is 40.2 Å². The van der Waals surface area contributed by atoms with Crippen LogP contribution in [0.1, 0.15) is 25.0 Å². The Bertz CT molecular complexity index is 798. The molecule has 1 aromatic rings. The zero-order valence-corrected chi connectivity index (χ0v) is 15.5. The molecule has 0 bridgehead atoms. The van der Waals surface area contributed by atoms with Crippen LogP contribution in [0.2, 0.25) is 5.02 Å². The van der Waals surface area contributed by atoms with Gasteiger partial charge in [-0.25, -0.2) is 4.79 Å². The molecule has 1 aliphatic heterocycles. The predicted molar refractivity (Wildman–Crippen MR) is 97.4 cm³/mol. The minimum Gasteiger partial charge on any atom is -0.478 e. The van der Waals surface area contributed by atoms with Crippen LogP contribution in [0, 0.1) is 0 Å². The van der Waals surface area contributed by atoms with Gasteiger partial charge in [0.15, 0.2) is 0 Å². The maximum absolute atomic E-state index is 13.1. The molecule has 0 radical (unpaired) electrons. The summed E-state index contributed by atoms with van der Waals surface area (Å²) >= 11 is 7.70. The molecule has 0 saturated heterocycles. The Hall–Kier alpha value is -1.86. The fraction of sp³-hybridized carbons (Fsp3) is 0.278. The second kappa shape index (κ2) is 8.22. The largest absolute Gasteiger partial charge is 0.478 e. The van der Waals surface area contributed by atoms with E-state index in [0.717, 1.165) is 11.6 Å². The summed E-state index contributed by atoms with van der Waals surface area (Å²) in [6.45, 7) is 3.78. The molecule has 1 N–H and O–H groups in total. The van der Waals surface area contributed by atoms with E-state index in [1.54, 1.807) is 0 Å². The van der Waals surface area contributed by atoms with Crippen molar-refractivity contribution in [1.82, 2.24) is 0 Å². The Morgan fingerprint density at radius 3 is 2.69 bits per heavy atom. The van der Waals surface area contributed by atoms with E-state index >= 15 is 0 Å². The molecule has 3 nitrogen and oxygen atoms in total. The Morgan fingerprint density at radius 2 is 2.12 bits per heavy atom. The molecular formula is C18H16ClF3O3S. The molecule has 0 aliphatic carbocycles. The standard InChI is InChI=1S/C18H16ClF3O3S/c1-3-4-26-9-10(2)5-11-8-15-12(7-14(11)19)6-13(17(23)24)16(25-15)18(20,21)22/h3-4,6-9,16H,5H2,1-2H3,(H,23,24)/b4-3-,10-9+. The fourth-order valence-electron chi connectivity index (χ4n) is 2.39. The molecule has 1 heterocycles. The van der Waals surface area contributed by atoms with Crippen LogP contribution >= 0.6 is 23.4 Å². The van der Waals surface area contributed by atoms with E-state index in [0.29, 0.717) is 17.0 Å². The van der Waals surface area contributed by atoms with Gasteiger partial charge in [-0.2, -0.15) is 13.2 Å². The summed E-state index contributed by atoms with van der Waals surface area (Å²) in [4.78, 5) is 11.1. The zero-order valence-electron chi connectivity index (χ0n) is 13.9. The monoisotopic (exact) mass is 404 g/mol. The molecule has 26 heavy (non-hydrogen) atoms. The summed E-state index contributed by atoms with van der Waals surface area (Å²) in [7, 11) is 0. The third-order valence-electron chi connectivity index (χ3n) is 3.51. The van der Waals surface area contributed by atoms with Crippen molar-refractivity contribution in [2.24, 2.45) is 0 Å². The lowest BCUT2D eigenvalue weighted by Crippen LogP contribution is -2.40. The average molecular weight is 405 g/mol.